The Bertz CT molecular complexity index is 299. The van der Waals surface area contributed by atoms with Crippen LogP contribution in [0.15, 0.2) is 12.2 Å². The van der Waals surface area contributed by atoms with Gasteiger partial charge in [-0.15, -0.1) is 0 Å². The van der Waals surface area contributed by atoms with Crippen LogP contribution in [0.25, 0.3) is 0 Å². The monoisotopic (exact) mass is 286 g/mol. The average Bonchev–Trinajstić information content (AvgIpc) is 2.43. The van der Waals surface area contributed by atoms with E-state index in [4.69, 9.17) is 14.2 Å². The molecule has 5 nitrogen and oxygen atoms in total. The predicted molar refractivity (Wildman–Crippen MR) is 76.2 cm³/mol. The van der Waals surface area contributed by atoms with Gasteiger partial charge in [-0.3, -0.25) is 0 Å². The maximum atomic E-state index is 11.3. The van der Waals surface area contributed by atoms with Crippen LogP contribution in [0.4, 0.5) is 0 Å². The molecule has 0 fully saturated rings. The highest BCUT2D eigenvalue weighted by molar-refractivity contribution is 5.91. The zero-order valence-electron chi connectivity index (χ0n) is 12.7. The van der Waals surface area contributed by atoms with Crippen molar-refractivity contribution in [3.8, 4) is 0 Å². The van der Waals surface area contributed by atoms with Gasteiger partial charge in [0.2, 0.25) is 0 Å². The van der Waals surface area contributed by atoms with Gasteiger partial charge >= 0.3 is 11.9 Å². The normalized spacial score (nSPS) is 12.3. The van der Waals surface area contributed by atoms with Gasteiger partial charge in [0.05, 0.1) is 13.2 Å². The molecule has 1 unspecified atom stereocenters. The molecular weight excluding hydrogens is 260 g/mol. The molecule has 0 aliphatic heterocycles. The zero-order valence-corrected chi connectivity index (χ0v) is 12.7. The minimum atomic E-state index is -0.517. The van der Waals surface area contributed by atoms with Crippen LogP contribution in [0.5, 0.6) is 0 Å². The van der Waals surface area contributed by atoms with E-state index in [-0.39, 0.29) is 0 Å². The van der Waals surface area contributed by atoms with E-state index in [0.29, 0.717) is 25.7 Å². The summed E-state index contributed by atoms with van der Waals surface area (Å²) in [5.41, 5.74) is 0. The molecule has 0 saturated carbocycles. The number of carbonyl (C=O) groups is 2. The summed E-state index contributed by atoms with van der Waals surface area (Å²) in [6.07, 6.45) is 5.71. The van der Waals surface area contributed by atoms with Gasteiger partial charge in [0.1, 0.15) is 0 Å². The number of esters is 2. The van der Waals surface area contributed by atoms with E-state index in [1.54, 1.807) is 7.11 Å². The van der Waals surface area contributed by atoms with Crippen LogP contribution in [-0.2, 0) is 23.8 Å². The first-order valence-corrected chi connectivity index (χ1v) is 7.10. The van der Waals surface area contributed by atoms with Gasteiger partial charge in [0.25, 0.3) is 0 Å². The van der Waals surface area contributed by atoms with Gasteiger partial charge in [-0.1, -0.05) is 20.3 Å². The van der Waals surface area contributed by atoms with Crippen molar-refractivity contribution >= 4 is 11.9 Å². The summed E-state index contributed by atoms with van der Waals surface area (Å²) < 4.78 is 14.8. The number of hydrogen-bond acceptors (Lipinski definition) is 5. The van der Waals surface area contributed by atoms with Gasteiger partial charge in [-0.05, 0) is 25.2 Å². The molecular formula is C15H26O5. The first-order valence-electron chi connectivity index (χ1n) is 7.10. The number of unbranched alkanes of at least 4 members (excludes halogenated alkanes) is 1. The summed E-state index contributed by atoms with van der Waals surface area (Å²) in [7, 11) is 1.66. The second-order valence-electron chi connectivity index (χ2n) is 4.70. The Kier molecular flexibility index (Phi) is 11.8. The SMILES string of the molecule is CCCCOC(=O)/C=C/C(=O)OCCC(C)CCOC. The van der Waals surface area contributed by atoms with Crippen LogP contribution in [0.2, 0.25) is 0 Å². The maximum Gasteiger partial charge on any atom is 0.331 e. The van der Waals surface area contributed by atoms with Crippen molar-refractivity contribution in [1.29, 1.82) is 0 Å². The highest BCUT2D eigenvalue weighted by Gasteiger charge is 2.04. The molecule has 5 heteroatoms. The Labute approximate surface area is 121 Å². The highest BCUT2D eigenvalue weighted by atomic mass is 16.5. The van der Waals surface area contributed by atoms with Gasteiger partial charge in [0.15, 0.2) is 0 Å². The van der Waals surface area contributed by atoms with Gasteiger partial charge in [-0.2, -0.15) is 0 Å². The Morgan fingerprint density at radius 3 is 2.10 bits per heavy atom. The average molecular weight is 286 g/mol. The Balaban J connectivity index is 3.68. The number of carbonyl (C=O) groups excluding carboxylic acids is 2. The molecule has 0 spiro atoms. The molecule has 0 N–H and O–H groups in total. The molecule has 0 saturated heterocycles. The molecule has 116 valence electrons. The first kappa shape index (κ1) is 18.6. The van der Waals surface area contributed by atoms with E-state index in [9.17, 15) is 9.59 Å². The fraction of sp³-hybridized carbons (Fsp3) is 0.733. The smallest absolute Gasteiger partial charge is 0.331 e. The van der Waals surface area contributed by atoms with Gasteiger partial charge in [-0.25, -0.2) is 9.59 Å². The standard InChI is InChI=1S/C15H26O5/c1-4-5-10-19-14(16)6-7-15(17)20-12-9-13(2)8-11-18-3/h6-7,13H,4-5,8-12H2,1-3H3/b7-6+. The van der Waals surface area contributed by atoms with E-state index in [0.717, 1.165) is 37.8 Å². The lowest BCUT2D eigenvalue weighted by Crippen LogP contribution is -2.09. The van der Waals surface area contributed by atoms with Crippen LogP contribution in [0.1, 0.15) is 39.5 Å². The van der Waals surface area contributed by atoms with Crippen LogP contribution in [-0.4, -0.2) is 38.9 Å². The van der Waals surface area contributed by atoms with Crippen molar-refractivity contribution in [2.75, 3.05) is 26.9 Å². The molecule has 0 rings (SSSR count). The molecule has 0 aliphatic rings. The fourth-order valence-electron chi connectivity index (χ4n) is 1.37. The Morgan fingerprint density at radius 2 is 1.55 bits per heavy atom. The van der Waals surface area contributed by atoms with Gasteiger partial charge in [0, 0.05) is 25.9 Å². The van der Waals surface area contributed by atoms with E-state index in [1.807, 2.05) is 6.92 Å². The van der Waals surface area contributed by atoms with Crippen LogP contribution >= 0.6 is 0 Å². The lowest BCUT2D eigenvalue weighted by Gasteiger charge is -2.09. The van der Waals surface area contributed by atoms with Crippen LogP contribution in [0.3, 0.4) is 0 Å². The molecule has 0 aliphatic carbocycles. The van der Waals surface area contributed by atoms with Crippen molar-refractivity contribution in [3.63, 3.8) is 0 Å². The molecule has 0 aromatic carbocycles. The van der Waals surface area contributed by atoms with Crippen molar-refractivity contribution in [2.24, 2.45) is 5.92 Å². The third-order valence-corrected chi connectivity index (χ3v) is 2.77. The lowest BCUT2D eigenvalue weighted by molar-refractivity contribution is -0.140. The second kappa shape index (κ2) is 12.7. The summed E-state index contributed by atoms with van der Waals surface area (Å²) in [6, 6.07) is 0. The molecule has 0 bridgehead atoms. The van der Waals surface area contributed by atoms with E-state index >= 15 is 0 Å². The Hall–Kier alpha value is -1.36. The third-order valence-electron chi connectivity index (χ3n) is 2.77. The molecule has 1 atom stereocenters. The summed E-state index contributed by atoms with van der Waals surface area (Å²) in [5.74, 6) is -0.592. The number of rotatable bonds is 11. The van der Waals surface area contributed by atoms with E-state index in [1.165, 1.54) is 0 Å². The van der Waals surface area contributed by atoms with E-state index < -0.39 is 11.9 Å². The quantitative estimate of drug-likeness (QED) is 0.332. The van der Waals surface area contributed by atoms with Crippen molar-refractivity contribution in [2.45, 2.75) is 39.5 Å². The molecule has 0 aromatic rings. The predicted octanol–water partition coefficient (Wildman–Crippen LogP) is 2.49. The fourth-order valence-corrected chi connectivity index (χ4v) is 1.37. The summed E-state index contributed by atoms with van der Waals surface area (Å²) in [6.45, 7) is 5.52. The lowest BCUT2D eigenvalue weighted by atomic mass is 10.1. The summed E-state index contributed by atoms with van der Waals surface area (Å²) in [5, 5.41) is 0. The molecule has 0 heterocycles. The van der Waals surface area contributed by atoms with Crippen LogP contribution in [0, 0.1) is 5.92 Å². The first-order chi connectivity index (χ1) is 9.60. The minimum absolute atomic E-state index is 0.346. The number of hydrogen-bond donors (Lipinski definition) is 0. The molecule has 0 aromatic heterocycles. The third kappa shape index (κ3) is 11.7. The minimum Gasteiger partial charge on any atom is -0.463 e. The molecule has 20 heavy (non-hydrogen) atoms. The summed E-state index contributed by atoms with van der Waals surface area (Å²) >= 11 is 0. The zero-order chi connectivity index (χ0) is 15.2. The van der Waals surface area contributed by atoms with Crippen molar-refractivity contribution in [1.82, 2.24) is 0 Å². The second-order valence-corrected chi connectivity index (χ2v) is 4.70. The topological polar surface area (TPSA) is 61.8 Å². The van der Waals surface area contributed by atoms with Crippen molar-refractivity contribution in [3.05, 3.63) is 12.2 Å². The maximum absolute atomic E-state index is 11.3. The number of ether oxygens (including phenoxy) is 3. The van der Waals surface area contributed by atoms with E-state index in [2.05, 4.69) is 6.92 Å². The van der Waals surface area contributed by atoms with Gasteiger partial charge < -0.3 is 14.2 Å². The number of methoxy groups -OCH3 is 1. The molecule has 0 amide bonds. The summed E-state index contributed by atoms with van der Waals surface area (Å²) in [4.78, 5) is 22.5. The highest BCUT2D eigenvalue weighted by Crippen LogP contribution is 2.07. The Morgan fingerprint density at radius 1 is 1.00 bits per heavy atom. The van der Waals surface area contributed by atoms with Crippen molar-refractivity contribution < 1.29 is 23.8 Å². The largest absolute Gasteiger partial charge is 0.463 e. The van der Waals surface area contributed by atoms with Crippen LogP contribution < -0.4 is 0 Å². The molecule has 0 radical (unpaired) electrons.